The van der Waals surface area contributed by atoms with E-state index in [0.29, 0.717) is 6.61 Å². The van der Waals surface area contributed by atoms with Crippen LogP contribution in [0.4, 0.5) is 5.69 Å². The Morgan fingerprint density at radius 3 is 2.33 bits per heavy atom. The second kappa shape index (κ2) is 7.61. The lowest BCUT2D eigenvalue weighted by Crippen LogP contribution is -2.40. The molecule has 0 radical (unpaired) electrons. The summed E-state index contributed by atoms with van der Waals surface area (Å²) in [5.74, 6) is -0.0600. The highest BCUT2D eigenvalue weighted by atomic mass is 32.2. The quantitative estimate of drug-likeness (QED) is 0.549. The maximum atomic E-state index is 12.7. The van der Waals surface area contributed by atoms with Gasteiger partial charge in [-0.1, -0.05) is 38.5 Å². The van der Waals surface area contributed by atoms with Crippen LogP contribution in [0.15, 0.2) is 44.8 Å². The van der Waals surface area contributed by atoms with Crippen molar-refractivity contribution in [3.8, 4) is 5.75 Å². The summed E-state index contributed by atoms with van der Waals surface area (Å²) < 4.78 is 30.7. The normalized spacial score (nSPS) is 12.9. The number of sulfone groups is 1. The molecule has 1 N–H and O–H groups in total. The van der Waals surface area contributed by atoms with Gasteiger partial charge in [-0.15, -0.1) is 0 Å². The molecule has 0 amide bonds. The Morgan fingerprint density at radius 1 is 1.08 bits per heavy atom. The van der Waals surface area contributed by atoms with Crippen molar-refractivity contribution >= 4 is 15.5 Å². The van der Waals surface area contributed by atoms with E-state index in [2.05, 4.69) is 5.32 Å². The molecule has 0 aliphatic heterocycles. The average Bonchev–Trinajstić information content (AvgIpc) is 2.60. The standard InChI is InChI=1S/C17H21NO5S/c1-3-5-11-23-17-14(15(19)16(17)20)18-13(4-2)24(21,22)12-9-7-6-8-10-12/h6-10,13,18H,3-5,11H2,1-2H3. The molecule has 24 heavy (non-hydrogen) atoms. The van der Waals surface area contributed by atoms with Gasteiger partial charge < -0.3 is 10.1 Å². The fraction of sp³-hybridized carbons (Fsp3) is 0.412. The van der Waals surface area contributed by atoms with Crippen molar-refractivity contribution in [2.45, 2.75) is 43.4 Å². The first-order valence-corrected chi connectivity index (χ1v) is 9.49. The van der Waals surface area contributed by atoms with Crippen molar-refractivity contribution in [3.63, 3.8) is 0 Å². The van der Waals surface area contributed by atoms with Gasteiger partial charge in [0.05, 0.1) is 11.5 Å². The summed E-state index contributed by atoms with van der Waals surface area (Å²) >= 11 is 0. The van der Waals surface area contributed by atoms with Crippen molar-refractivity contribution in [2.75, 3.05) is 11.9 Å². The van der Waals surface area contributed by atoms with Gasteiger partial charge in [0.25, 0.3) is 10.9 Å². The second-order valence-corrected chi connectivity index (χ2v) is 7.59. The molecule has 0 aliphatic rings. The number of unbranched alkanes of at least 4 members (excludes halogenated alkanes) is 1. The topological polar surface area (TPSA) is 89.5 Å². The second-order valence-electron chi connectivity index (χ2n) is 5.46. The Labute approximate surface area is 141 Å². The summed E-state index contributed by atoms with van der Waals surface area (Å²) in [5, 5.41) is 1.69. The van der Waals surface area contributed by atoms with Crippen molar-refractivity contribution in [2.24, 2.45) is 0 Å². The van der Waals surface area contributed by atoms with Crippen LogP contribution in [0.3, 0.4) is 0 Å². The Balaban J connectivity index is 2.24. The Hall–Kier alpha value is -2.15. The number of benzene rings is 1. The highest BCUT2D eigenvalue weighted by Gasteiger charge is 2.31. The monoisotopic (exact) mass is 351 g/mol. The summed E-state index contributed by atoms with van der Waals surface area (Å²) in [7, 11) is -3.68. The molecule has 130 valence electrons. The minimum Gasteiger partial charge on any atom is -0.487 e. The predicted molar refractivity (Wildman–Crippen MR) is 93.1 cm³/mol. The summed E-state index contributed by atoms with van der Waals surface area (Å²) in [6, 6.07) is 8.00. The molecule has 0 saturated carbocycles. The first-order chi connectivity index (χ1) is 11.4. The van der Waals surface area contributed by atoms with E-state index in [1.165, 1.54) is 12.1 Å². The molecule has 2 aromatic carbocycles. The van der Waals surface area contributed by atoms with E-state index in [1.54, 1.807) is 25.1 Å². The Morgan fingerprint density at radius 2 is 1.75 bits per heavy atom. The van der Waals surface area contributed by atoms with E-state index < -0.39 is 26.1 Å². The molecule has 6 nitrogen and oxygen atoms in total. The van der Waals surface area contributed by atoms with Crippen LogP contribution in [-0.4, -0.2) is 20.4 Å². The molecular formula is C17H21NO5S. The number of rotatable bonds is 9. The first kappa shape index (κ1) is 18.2. The third kappa shape index (κ3) is 3.51. The van der Waals surface area contributed by atoms with Gasteiger partial charge in [-0.05, 0) is 25.0 Å². The number of hydrogen-bond acceptors (Lipinski definition) is 6. The molecule has 7 heteroatoms. The zero-order valence-electron chi connectivity index (χ0n) is 13.7. The average molecular weight is 351 g/mol. The molecule has 1 atom stereocenters. The lowest BCUT2D eigenvalue weighted by Gasteiger charge is -2.21. The predicted octanol–water partition coefficient (Wildman–Crippen LogP) is 2.08. The van der Waals surface area contributed by atoms with Crippen molar-refractivity contribution < 1.29 is 13.2 Å². The van der Waals surface area contributed by atoms with Crippen LogP contribution in [-0.2, 0) is 9.84 Å². The molecule has 0 aromatic heterocycles. The lowest BCUT2D eigenvalue weighted by molar-refractivity contribution is 0.304. The van der Waals surface area contributed by atoms with E-state index in [4.69, 9.17) is 4.74 Å². The molecule has 0 aliphatic carbocycles. The molecule has 0 saturated heterocycles. The number of nitrogens with one attached hydrogen (secondary N) is 1. The third-order valence-electron chi connectivity index (χ3n) is 3.73. The van der Waals surface area contributed by atoms with Crippen LogP contribution in [0.1, 0.15) is 33.1 Å². The van der Waals surface area contributed by atoms with Crippen LogP contribution < -0.4 is 20.9 Å². The molecular weight excluding hydrogens is 330 g/mol. The number of anilines is 1. The summed E-state index contributed by atoms with van der Waals surface area (Å²) in [6.07, 6.45) is 1.88. The maximum Gasteiger partial charge on any atom is 0.272 e. The minimum absolute atomic E-state index is 0.0394. The lowest BCUT2D eigenvalue weighted by atomic mass is 10.2. The van der Waals surface area contributed by atoms with Crippen LogP contribution >= 0.6 is 0 Å². The van der Waals surface area contributed by atoms with Crippen molar-refractivity contribution in [1.29, 1.82) is 0 Å². The highest BCUT2D eigenvalue weighted by Crippen LogP contribution is 2.24. The Bertz CT molecular complexity index is 851. The van der Waals surface area contributed by atoms with Crippen LogP contribution in [0.2, 0.25) is 0 Å². The van der Waals surface area contributed by atoms with E-state index in [1.807, 2.05) is 6.92 Å². The molecule has 0 heterocycles. The van der Waals surface area contributed by atoms with Gasteiger partial charge in [-0.25, -0.2) is 8.42 Å². The molecule has 0 bridgehead atoms. The summed E-state index contributed by atoms with van der Waals surface area (Å²) in [4.78, 5) is 23.6. The molecule has 0 spiro atoms. The highest BCUT2D eigenvalue weighted by molar-refractivity contribution is 7.92. The molecule has 2 rings (SSSR count). The fourth-order valence-corrected chi connectivity index (χ4v) is 3.87. The minimum atomic E-state index is -3.68. The third-order valence-corrected chi connectivity index (χ3v) is 5.86. The molecule has 0 fully saturated rings. The van der Waals surface area contributed by atoms with E-state index in [-0.39, 0.29) is 22.8 Å². The van der Waals surface area contributed by atoms with Gasteiger partial charge in [0, 0.05) is 0 Å². The fourth-order valence-electron chi connectivity index (χ4n) is 2.29. The van der Waals surface area contributed by atoms with Gasteiger partial charge in [0.2, 0.25) is 0 Å². The largest absolute Gasteiger partial charge is 0.487 e. The SMILES string of the molecule is CCCCOc1c(NC(CC)S(=O)(=O)c2ccccc2)c(=O)c1=O. The van der Waals surface area contributed by atoms with E-state index in [0.717, 1.165) is 12.8 Å². The number of hydrogen-bond donors (Lipinski definition) is 1. The zero-order chi connectivity index (χ0) is 17.7. The van der Waals surface area contributed by atoms with Gasteiger partial charge in [0.15, 0.2) is 15.6 Å². The van der Waals surface area contributed by atoms with Crippen LogP contribution in [0.25, 0.3) is 0 Å². The van der Waals surface area contributed by atoms with Crippen LogP contribution in [0.5, 0.6) is 5.75 Å². The van der Waals surface area contributed by atoms with E-state index >= 15 is 0 Å². The molecule has 2 aromatic rings. The van der Waals surface area contributed by atoms with Crippen molar-refractivity contribution in [1.82, 2.24) is 0 Å². The molecule has 1 unspecified atom stereocenters. The van der Waals surface area contributed by atoms with Gasteiger partial charge in [0.1, 0.15) is 11.1 Å². The van der Waals surface area contributed by atoms with Crippen molar-refractivity contribution in [3.05, 3.63) is 50.8 Å². The Kier molecular flexibility index (Phi) is 5.77. The van der Waals surface area contributed by atoms with E-state index in [9.17, 15) is 18.0 Å². The smallest absolute Gasteiger partial charge is 0.272 e. The van der Waals surface area contributed by atoms with Gasteiger partial charge in [-0.2, -0.15) is 0 Å². The van der Waals surface area contributed by atoms with Gasteiger partial charge >= 0.3 is 0 Å². The number of ether oxygens (including phenoxy) is 1. The van der Waals surface area contributed by atoms with Crippen LogP contribution in [0, 0.1) is 0 Å². The van der Waals surface area contributed by atoms with Gasteiger partial charge in [-0.3, -0.25) is 9.59 Å². The summed E-state index contributed by atoms with van der Waals surface area (Å²) in [6.45, 7) is 3.99. The zero-order valence-corrected chi connectivity index (χ0v) is 14.6. The maximum absolute atomic E-state index is 12.7. The summed E-state index contributed by atoms with van der Waals surface area (Å²) in [5.41, 5.74) is -1.48. The first-order valence-electron chi connectivity index (χ1n) is 7.95.